The Morgan fingerprint density at radius 2 is 1.77 bits per heavy atom. The number of hydrogen-bond acceptors (Lipinski definition) is 8. The number of carbonyl (C=O) groups is 1. The van der Waals surface area contributed by atoms with Crippen LogP contribution in [0.3, 0.4) is 0 Å². The summed E-state index contributed by atoms with van der Waals surface area (Å²) in [4.78, 5) is 30.5. The highest BCUT2D eigenvalue weighted by Gasteiger charge is 2.42. The molecule has 1 unspecified atom stereocenters. The zero-order valence-electron chi connectivity index (χ0n) is 28.0. The average molecular weight is 639 g/mol. The summed E-state index contributed by atoms with van der Waals surface area (Å²) in [5.74, 6) is 2.43. The number of para-hydroxylation sites is 2. The molecule has 4 heterocycles. The first-order chi connectivity index (χ1) is 23.0. The van der Waals surface area contributed by atoms with Gasteiger partial charge in [-0.05, 0) is 75.2 Å². The Balaban J connectivity index is 1.17. The Morgan fingerprint density at radius 1 is 0.957 bits per heavy atom. The van der Waals surface area contributed by atoms with Crippen molar-refractivity contribution in [3.05, 3.63) is 84.2 Å². The van der Waals surface area contributed by atoms with Crippen molar-refractivity contribution in [1.29, 1.82) is 0 Å². The molecular weight excluding hydrogens is 592 g/mol. The number of nitrogens with zero attached hydrogens (tertiary/aromatic N) is 6. The number of fused-ring (bicyclic) bond motifs is 1. The lowest BCUT2D eigenvalue weighted by atomic mass is 9.77. The number of rotatable bonds is 11. The van der Waals surface area contributed by atoms with E-state index in [1.165, 1.54) is 11.1 Å². The molecule has 2 aromatic heterocycles. The molecular formula is C37H46N6O4. The predicted octanol–water partition coefficient (Wildman–Crippen LogP) is 5.42. The van der Waals surface area contributed by atoms with Crippen molar-refractivity contribution in [3.8, 4) is 17.2 Å². The first-order valence-corrected chi connectivity index (χ1v) is 16.5. The van der Waals surface area contributed by atoms with E-state index in [0.29, 0.717) is 35.9 Å². The zero-order chi connectivity index (χ0) is 32.8. The number of imidazole rings is 1. The molecule has 0 spiro atoms. The van der Waals surface area contributed by atoms with E-state index < -0.39 is 0 Å². The van der Waals surface area contributed by atoms with Gasteiger partial charge in [-0.2, -0.15) is 0 Å². The van der Waals surface area contributed by atoms with E-state index in [9.17, 15) is 4.79 Å². The van der Waals surface area contributed by atoms with Crippen LogP contribution in [0.4, 0.5) is 5.95 Å². The molecule has 2 aliphatic rings. The first kappa shape index (κ1) is 32.4. The third-order valence-electron chi connectivity index (χ3n) is 9.76. The van der Waals surface area contributed by atoms with E-state index in [-0.39, 0.29) is 11.3 Å². The van der Waals surface area contributed by atoms with Crippen molar-refractivity contribution in [2.75, 3.05) is 72.0 Å². The first-order valence-electron chi connectivity index (χ1n) is 16.5. The summed E-state index contributed by atoms with van der Waals surface area (Å²) in [6.45, 7) is 9.00. The third kappa shape index (κ3) is 6.65. The van der Waals surface area contributed by atoms with Gasteiger partial charge in [0.2, 0.25) is 11.7 Å². The van der Waals surface area contributed by atoms with Crippen LogP contribution in [0, 0.1) is 0 Å². The lowest BCUT2D eigenvalue weighted by Crippen LogP contribution is -2.39. The smallest absolute Gasteiger partial charge is 0.254 e. The summed E-state index contributed by atoms with van der Waals surface area (Å²) in [5.41, 5.74) is 3.74. The summed E-state index contributed by atoms with van der Waals surface area (Å²) >= 11 is 0. The largest absolute Gasteiger partial charge is 0.493 e. The highest BCUT2D eigenvalue weighted by Crippen LogP contribution is 2.41. The van der Waals surface area contributed by atoms with Crippen LogP contribution in [0.15, 0.2) is 73.1 Å². The number of carbonyl (C=O) groups excluding carboxylic acids is 1. The van der Waals surface area contributed by atoms with Gasteiger partial charge in [0.15, 0.2) is 11.5 Å². The van der Waals surface area contributed by atoms with Gasteiger partial charge in [-0.1, -0.05) is 30.4 Å². The van der Waals surface area contributed by atoms with Gasteiger partial charge in [0.1, 0.15) is 0 Å². The second-order valence-corrected chi connectivity index (χ2v) is 12.4. The lowest BCUT2D eigenvalue weighted by Gasteiger charge is -2.32. The molecule has 10 heteroatoms. The molecule has 2 fully saturated rings. The SMILES string of the molecule is CC=CCn1c(N2CCCN(CCC3(c4cccnc4)CCN(C(=O)c4cc(OC)c(OC)c(OC)c4)C3)CC2)nc2ccccc21. The Bertz CT molecular complexity index is 1680. The lowest BCUT2D eigenvalue weighted by molar-refractivity contribution is 0.0780. The second kappa shape index (κ2) is 14.5. The third-order valence-corrected chi connectivity index (χ3v) is 9.76. The van der Waals surface area contributed by atoms with E-state index in [0.717, 1.165) is 70.0 Å². The van der Waals surface area contributed by atoms with Gasteiger partial charge >= 0.3 is 0 Å². The monoisotopic (exact) mass is 638 g/mol. The summed E-state index contributed by atoms with van der Waals surface area (Å²) < 4.78 is 18.9. The van der Waals surface area contributed by atoms with Crippen molar-refractivity contribution in [2.24, 2.45) is 0 Å². The molecule has 10 nitrogen and oxygen atoms in total. The van der Waals surface area contributed by atoms with Gasteiger partial charge in [0.05, 0.1) is 32.4 Å². The quantitative estimate of drug-likeness (QED) is 0.202. The van der Waals surface area contributed by atoms with Crippen LogP contribution in [-0.2, 0) is 12.0 Å². The Morgan fingerprint density at radius 3 is 2.49 bits per heavy atom. The van der Waals surface area contributed by atoms with Crippen LogP contribution in [-0.4, -0.2) is 97.4 Å². The number of anilines is 1. The number of pyridine rings is 1. The number of benzene rings is 2. The van der Waals surface area contributed by atoms with Crippen LogP contribution in [0.1, 0.15) is 42.1 Å². The zero-order valence-corrected chi connectivity index (χ0v) is 28.0. The topological polar surface area (TPSA) is 85.2 Å². The van der Waals surface area contributed by atoms with E-state index in [2.05, 4.69) is 68.8 Å². The number of amides is 1. The Hall–Kier alpha value is -4.57. The maximum Gasteiger partial charge on any atom is 0.254 e. The number of methoxy groups -OCH3 is 3. The maximum atomic E-state index is 13.9. The van der Waals surface area contributed by atoms with Crippen LogP contribution in [0.2, 0.25) is 0 Å². The van der Waals surface area contributed by atoms with Gasteiger partial charge < -0.3 is 33.5 Å². The number of likely N-dealkylation sites (tertiary alicyclic amines) is 1. The highest BCUT2D eigenvalue weighted by atomic mass is 16.5. The van der Waals surface area contributed by atoms with Crippen molar-refractivity contribution in [1.82, 2.24) is 24.3 Å². The number of allylic oxidation sites excluding steroid dienone is 2. The van der Waals surface area contributed by atoms with Crippen molar-refractivity contribution < 1.29 is 19.0 Å². The van der Waals surface area contributed by atoms with Crippen LogP contribution < -0.4 is 19.1 Å². The van der Waals surface area contributed by atoms with Crippen LogP contribution in [0.25, 0.3) is 11.0 Å². The predicted molar refractivity (Wildman–Crippen MR) is 185 cm³/mol. The molecule has 2 saturated heterocycles. The Labute approximate surface area is 277 Å². The fourth-order valence-electron chi connectivity index (χ4n) is 7.16. The van der Waals surface area contributed by atoms with E-state index in [4.69, 9.17) is 19.2 Å². The molecule has 1 amide bonds. The van der Waals surface area contributed by atoms with Crippen molar-refractivity contribution in [2.45, 2.75) is 38.1 Å². The molecule has 47 heavy (non-hydrogen) atoms. The molecule has 1 atom stereocenters. The van der Waals surface area contributed by atoms with Crippen LogP contribution in [0.5, 0.6) is 17.2 Å². The molecule has 0 saturated carbocycles. The highest BCUT2D eigenvalue weighted by molar-refractivity contribution is 5.96. The Kier molecular flexibility index (Phi) is 9.96. The summed E-state index contributed by atoms with van der Waals surface area (Å²) in [5, 5.41) is 0. The number of aromatic nitrogens is 3. The normalized spacial score (nSPS) is 19.0. The standard InChI is InChI=1S/C37H46N6O4/c1-5-6-19-43-31-13-8-7-12-30(31)39-36(43)41-18-10-17-40(22-23-41)20-14-37(29-11-9-16-38-26-29)15-21-42(27-37)35(44)28-24-32(45-2)34(47-4)33(25-28)46-3/h5-9,11-13,16,24-26H,10,14-15,17-23,27H2,1-4H3. The molecule has 248 valence electrons. The van der Waals surface area contributed by atoms with Crippen molar-refractivity contribution in [3.63, 3.8) is 0 Å². The maximum absolute atomic E-state index is 13.9. The average Bonchev–Trinajstić information content (AvgIpc) is 3.64. The molecule has 0 aliphatic carbocycles. The fraction of sp³-hybridized carbons (Fsp3) is 0.432. The second-order valence-electron chi connectivity index (χ2n) is 12.4. The molecule has 0 N–H and O–H groups in total. The summed E-state index contributed by atoms with van der Waals surface area (Å²) in [6, 6.07) is 16.1. The van der Waals surface area contributed by atoms with E-state index in [1.807, 2.05) is 23.4 Å². The fourth-order valence-corrected chi connectivity index (χ4v) is 7.16. The van der Waals surface area contributed by atoms with E-state index >= 15 is 0 Å². The minimum Gasteiger partial charge on any atom is -0.493 e. The molecule has 0 radical (unpaired) electrons. The van der Waals surface area contributed by atoms with Gasteiger partial charge in [0.25, 0.3) is 5.91 Å². The van der Waals surface area contributed by atoms with Gasteiger partial charge in [0, 0.05) is 62.6 Å². The molecule has 0 bridgehead atoms. The summed E-state index contributed by atoms with van der Waals surface area (Å²) in [7, 11) is 4.70. The summed E-state index contributed by atoms with van der Waals surface area (Å²) in [6.07, 6.45) is 11.0. The minimum atomic E-state index is -0.184. The van der Waals surface area contributed by atoms with Crippen LogP contribution >= 0.6 is 0 Å². The van der Waals surface area contributed by atoms with Crippen molar-refractivity contribution >= 4 is 22.9 Å². The number of hydrogen-bond donors (Lipinski definition) is 0. The molecule has 6 rings (SSSR count). The molecule has 2 aliphatic heterocycles. The minimum absolute atomic E-state index is 0.0405. The van der Waals surface area contributed by atoms with Gasteiger partial charge in [-0.3, -0.25) is 9.78 Å². The van der Waals surface area contributed by atoms with Gasteiger partial charge in [-0.25, -0.2) is 4.98 Å². The number of ether oxygens (including phenoxy) is 3. The van der Waals surface area contributed by atoms with E-state index in [1.54, 1.807) is 33.5 Å². The van der Waals surface area contributed by atoms with Gasteiger partial charge in [-0.15, -0.1) is 0 Å². The molecule has 2 aromatic carbocycles. The molecule has 4 aromatic rings.